The lowest BCUT2D eigenvalue weighted by atomic mass is 10.1. The van der Waals surface area contributed by atoms with E-state index in [0.29, 0.717) is 5.69 Å². The van der Waals surface area contributed by atoms with Gasteiger partial charge in [-0.2, -0.15) is 0 Å². The van der Waals surface area contributed by atoms with Crippen LogP contribution >= 0.6 is 11.3 Å². The topological polar surface area (TPSA) is 64.1 Å². The summed E-state index contributed by atoms with van der Waals surface area (Å²) in [5, 5.41) is 3.86. The number of pyridine rings is 1. The van der Waals surface area contributed by atoms with Crippen molar-refractivity contribution < 1.29 is 9.53 Å². The molecule has 0 radical (unpaired) electrons. The Labute approximate surface area is 132 Å². The standard InChI is InChI=1S/C16H15N3O2S/c1-10-5-14(15-7-17-9-22-15)19-13-6-11(3-4-12(10)13)18-16(20)8-21-2/h3-7,9H,8H2,1-2H3,(H,18,20). The van der Waals surface area contributed by atoms with Gasteiger partial charge in [-0.1, -0.05) is 6.07 Å². The molecule has 0 spiro atoms. The minimum atomic E-state index is -0.183. The molecule has 0 unspecified atom stereocenters. The number of carbonyl (C=O) groups is 1. The minimum Gasteiger partial charge on any atom is -0.375 e. The summed E-state index contributed by atoms with van der Waals surface area (Å²) < 4.78 is 4.82. The maximum atomic E-state index is 11.6. The third-order valence-corrected chi connectivity index (χ3v) is 4.06. The lowest BCUT2D eigenvalue weighted by molar-refractivity contribution is -0.119. The zero-order valence-electron chi connectivity index (χ0n) is 12.3. The van der Waals surface area contributed by atoms with Gasteiger partial charge in [0.2, 0.25) is 5.91 Å². The van der Waals surface area contributed by atoms with Crippen LogP contribution in [0.1, 0.15) is 5.56 Å². The summed E-state index contributed by atoms with van der Waals surface area (Å²) in [7, 11) is 1.49. The van der Waals surface area contributed by atoms with Crippen LogP contribution in [0.5, 0.6) is 0 Å². The van der Waals surface area contributed by atoms with E-state index in [1.807, 2.05) is 24.4 Å². The summed E-state index contributed by atoms with van der Waals surface area (Å²) in [6, 6.07) is 7.77. The molecule has 1 amide bonds. The van der Waals surface area contributed by atoms with Crippen LogP contribution in [0.3, 0.4) is 0 Å². The van der Waals surface area contributed by atoms with Crippen molar-refractivity contribution in [2.75, 3.05) is 19.0 Å². The fourth-order valence-corrected chi connectivity index (χ4v) is 2.86. The highest BCUT2D eigenvalue weighted by atomic mass is 32.1. The molecule has 112 valence electrons. The third-order valence-electron chi connectivity index (χ3n) is 3.26. The number of thiazole rings is 1. The number of carbonyl (C=O) groups excluding carboxylic acids is 1. The molecule has 2 aromatic heterocycles. The minimum absolute atomic E-state index is 0.0331. The molecule has 2 heterocycles. The second kappa shape index (κ2) is 6.21. The van der Waals surface area contributed by atoms with Crippen molar-refractivity contribution in [3.05, 3.63) is 41.5 Å². The zero-order chi connectivity index (χ0) is 15.5. The number of anilines is 1. The number of hydrogen-bond acceptors (Lipinski definition) is 5. The highest BCUT2D eigenvalue weighted by Crippen LogP contribution is 2.28. The largest absolute Gasteiger partial charge is 0.375 e. The van der Waals surface area contributed by atoms with Gasteiger partial charge in [-0.3, -0.25) is 9.78 Å². The summed E-state index contributed by atoms with van der Waals surface area (Å²) in [5.41, 5.74) is 5.38. The number of aryl methyl sites for hydroxylation is 1. The molecule has 0 bridgehead atoms. The molecule has 0 aliphatic rings. The van der Waals surface area contributed by atoms with Crippen LogP contribution in [0.4, 0.5) is 5.69 Å². The van der Waals surface area contributed by atoms with Gasteiger partial charge in [0.05, 0.1) is 21.6 Å². The van der Waals surface area contributed by atoms with Gasteiger partial charge in [-0.15, -0.1) is 11.3 Å². The quantitative estimate of drug-likeness (QED) is 0.803. The number of amides is 1. The van der Waals surface area contributed by atoms with Gasteiger partial charge < -0.3 is 10.1 Å². The van der Waals surface area contributed by atoms with Crippen LogP contribution in [0.15, 0.2) is 36.0 Å². The maximum absolute atomic E-state index is 11.6. The van der Waals surface area contributed by atoms with Crippen molar-refractivity contribution >= 4 is 33.8 Å². The Morgan fingerprint density at radius 3 is 2.95 bits per heavy atom. The summed E-state index contributed by atoms with van der Waals surface area (Å²) in [6.45, 7) is 2.09. The number of rotatable bonds is 4. The number of aromatic nitrogens is 2. The highest BCUT2D eigenvalue weighted by Gasteiger charge is 2.08. The molecule has 3 rings (SSSR count). The fraction of sp³-hybridized carbons (Fsp3) is 0.188. The number of nitrogens with zero attached hydrogens (tertiary/aromatic N) is 2. The molecule has 0 fully saturated rings. The first-order chi connectivity index (χ1) is 10.7. The van der Waals surface area contributed by atoms with E-state index < -0.39 is 0 Å². The maximum Gasteiger partial charge on any atom is 0.250 e. The second-order valence-electron chi connectivity index (χ2n) is 4.90. The summed E-state index contributed by atoms with van der Waals surface area (Å²) in [5.74, 6) is -0.183. The van der Waals surface area contributed by atoms with Crippen molar-refractivity contribution in [1.82, 2.24) is 9.97 Å². The van der Waals surface area contributed by atoms with Crippen LogP contribution in [0, 0.1) is 6.92 Å². The molecule has 3 aromatic rings. The van der Waals surface area contributed by atoms with Gasteiger partial charge in [-0.05, 0) is 30.7 Å². The predicted octanol–water partition coefficient (Wildman–Crippen LogP) is 3.25. The van der Waals surface area contributed by atoms with Crippen LogP contribution in [-0.4, -0.2) is 29.6 Å². The molecule has 0 aliphatic heterocycles. The van der Waals surface area contributed by atoms with Gasteiger partial charge in [0.25, 0.3) is 0 Å². The predicted molar refractivity (Wildman–Crippen MR) is 88.1 cm³/mol. The summed E-state index contributed by atoms with van der Waals surface area (Å²) >= 11 is 1.55. The monoisotopic (exact) mass is 313 g/mol. The van der Waals surface area contributed by atoms with Crippen molar-refractivity contribution in [2.24, 2.45) is 0 Å². The third kappa shape index (κ3) is 2.98. The van der Waals surface area contributed by atoms with E-state index in [2.05, 4.69) is 28.3 Å². The average Bonchev–Trinajstić information content (AvgIpc) is 3.01. The number of hydrogen-bond donors (Lipinski definition) is 1. The molecule has 5 nitrogen and oxygen atoms in total. The first-order valence-corrected chi connectivity index (χ1v) is 7.64. The molecule has 0 atom stereocenters. The van der Waals surface area contributed by atoms with Gasteiger partial charge in [-0.25, -0.2) is 4.98 Å². The molecule has 22 heavy (non-hydrogen) atoms. The van der Waals surface area contributed by atoms with Gasteiger partial charge in [0, 0.05) is 24.4 Å². The van der Waals surface area contributed by atoms with E-state index in [4.69, 9.17) is 4.74 Å². The summed E-state index contributed by atoms with van der Waals surface area (Å²) in [6.07, 6.45) is 1.81. The average molecular weight is 313 g/mol. The first kappa shape index (κ1) is 14.6. The Morgan fingerprint density at radius 2 is 2.23 bits per heavy atom. The van der Waals surface area contributed by atoms with Gasteiger partial charge in [0.15, 0.2) is 0 Å². The Balaban J connectivity index is 2.01. The van der Waals surface area contributed by atoms with E-state index in [0.717, 1.165) is 27.0 Å². The fourth-order valence-electron chi connectivity index (χ4n) is 2.28. The van der Waals surface area contributed by atoms with Crippen molar-refractivity contribution in [3.8, 4) is 10.6 Å². The molecule has 6 heteroatoms. The highest BCUT2D eigenvalue weighted by molar-refractivity contribution is 7.13. The van der Waals surface area contributed by atoms with Crippen molar-refractivity contribution in [3.63, 3.8) is 0 Å². The lowest BCUT2D eigenvalue weighted by Gasteiger charge is -2.08. The van der Waals surface area contributed by atoms with Gasteiger partial charge in [0.1, 0.15) is 6.61 Å². The first-order valence-electron chi connectivity index (χ1n) is 6.76. The smallest absolute Gasteiger partial charge is 0.250 e. The van der Waals surface area contributed by atoms with Crippen LogP contribution in [0.2, 0.25) is 0 Å². The van der Waals surface area contributed by atoms with Gasteiger partial charge >= 0.3 is 0 Å². The Bertz CT molecular complexity index is 816. The number of fused-ring (bicyclic) bond motifs is 1. The van der Waals surface area contributed by atoms with Crippen molar-refractivity contribution in [2.45, 2.75) is 6.92 Å². The normalized spacial score (nSPS) is 10.8. The number of methoxy groups -OCH3 is 1. The van der Waals surface area contributed by atoms with E-state index in [-0.39, 0.29) is 12.5 Å². The Kier molecular flexibility index (Phi) is 4.13. The SMILES string of the molecule is COCC(=O)Nc1ccc2c(C)cc(-c3cncs3)nc2c1. The second-order valence-corrected chi connectivity index (χ2v) is 5.79. The molecule has 0 saturated heterocycles. The Hall–Kier alpha value is -2.31. The van der Waals surface area contributed by atoms with Crippen molar-refractivity contribution in [1.29, 1.82) is 0 Å². The number of ether oxygens (including phenoxy) is 1. The Morgan fingerprint density at radius 1 is 1.36 bits per heavy atom. The molecule has 1 aromatic carbocycles. The van der Waals surface area contributed by atoms with E-state index in [1.54, 1.807) is 16.8 Å². The zero-order valence-corrected chi connectivity index (χ0v) is 13.1. The van der Waals surface area contributed by atoms with Crippen LogP contribution in [0.25, 0.3) is 21.5 Å². The molecule has 0 saturated carbocycles. The lowest BCUT2D eigenvalue weighted by Crippen LogP contribution is -2.17. The molecular formula is C16H15N3O2S. The number of nitrogens with one attached hydrogen (secondary N) is 1. The van der Waals surface area contributed by atoms with E-state index >= 15 is 0 Å². The van der Waals surface area contributed by atoms with Crippen LogP contribution in [-0.2, 0) is 9.53 Å². The summed E-state index contributed by atoms with van der Waals surface area (Å²) in [4.78, 5) is 21.4. The van der Waals surface area contributed by atoms with E-state index in [1.165, 1.54) is 7.11 Å². The molecule has 1 N–H and O–H groups in total. The van der Waals surface area contributed by atoms with E-state index in [9.17, 15) is 4.79 Å². The number of benzene rings is 1. The molecular weight excluding hydrogens is 298 g/mol. The molecule has 0 aliphatic carbocycles. The van der Waals surface area contributed by atoms with Crippen LogP contribution < -0.4 is 5.32 Å².